The lowest BCUT2D eigenvalue weighted by atomic mass is 9.88. The average Bonchev–Trinajstić information content (AvgIpc) is 3.35. The second kappa shape index (κ2) is 9.62. The molecule has 4 aromatic rings. The van der Waals surface area contributed by atoms with Crippen LogP contribution in [0.4, 0.5) is 0 Å². The second-order valence-electron chi connectivity index (χ2n) is 7.02. The van der Waals surface area contributed by atoms with E-state index >= 15 is 0 Å². The molecule has 8 nitrogen and oxygen atoms in total. The van der Waals surface area contributed by atoms with Gasteiger partial charge in [-0.2, -0.15) is 5.10 Å². The van der Waals surface area contributed by atoms with Crippen molar-refractivity contribution in [3.8, 4) is 5.82 Å². The minimum atomic E-state index is -0.246. The molecule has 0 unspecified atom stereocenters. The molecular weight excluding hydrogens is 392 g/mol. The largest absolute Gasteiger partial charge is 0.354 e. The molecule has 0 saturated carbocycles. The smallest absolute Gasteiger partial charge is 0.266 e. The summed E-state index contributed by atoms with van der Waals surface area (Å²) in [6.07, 6.45) is 3.22. The number of hydrogen-bond donors (Lipinski definition) is 1. The molecule has 0 saturated heterocycles. The highest BCUT2D eigenvalue weighted by atomic mass is 16.1. The summed E-state index contributed by atoms with van der Waals surface area (Å²) in [5.74, 6) is 0.355. The molecule has 1 amide bonds. The lowest BCUT2D eigenvalue weighted by Gasteiger charge is -2.18. The normalized spacial score (nSPS) is 10.9. The van der Waals surface area contributed by atoms with E-state index in [1.807, 2.05) is 60.7 Å². The molecule has 156 valence electrons. The molecule has 0 aliphatic carbocycles. The zero-order valence-corrected chi connectivity index (χ0v) is 16.8. The standard InChI is InChI=1S/C23H22N6O2/c30-22(15-20(18-7-3-1-4-8-18)19-9-5-2-6-10-19)25-13-14-28-23(31)12-11-21(27-28)29-17-24-16-26-29/h1-12,16-17,20H,13-15H2,(H,25,30). The fourth-order valence-electron chi connectivity index (χ4n) is 3.40. The predicted molar refractivity (Wildman–Crippen MR) is 116 cm³/mol. The third-order valence-electron chi connectivity index (χ3n) is 4.95. The second-order valence-corrected chi connectivity index (χ2v) is 7.02. The number of hydrogen-bond acceptors (Lipinski definition) is 5. The van der Waals surface area contributed by atoms with Crippen LogP contribution < -0.4 is 10.9 Å². The molecular formula is C23H22N6O2. The number of carbonyl (C=O) groups excluding carboxylic acids is 1. The van der Waals surface area contributed by atoms with E-state index in [9.17, 15) is 9.59 Å². The maximum Gasteiger partial charge on any atom is 0.266 e. The lowest BCUT2D eigenvalue weighted by molar-refractivity contribution is -0.121. The minimum absolute atomic E-state index is 0.0427. The van der Waals surface area contributed by atoms with Crippen LogP contribution in [0, 0.1) is 0 Å². The van der Waals surface area contributed by atoms with Crippen molar-refractivity contribution in [3.05, 3.63) is 107 Å². The molecule has 0 radical (unpaired) electrons. The van der Waals surface area contributed by atoms with Gasteiger partial charge in [0.2, 0.25) is 5.91 Å². The third kappa shape index (κ3) is 5.11. The van der Waals surface area contributed by atoms with Crippen LogP contribution in [-0.2, 0) is 11.3 Å². The van der Waals surface area contributed by atoms with Crippen LogP contribution in [0.15, 0.2) is 90.2 Å². The summed E-state index contributed by atoms with van der Waals surface area (Å²) in [5, 5.41) is 11.2. The van der Waals surface area contributed by atoms with E-state index < -0.39 is 0 Å². The van der Waals surface area contributed by atoms with E-state index in [4.69, 9.17) is 0 Å². The van der Waals surface area contributed by atoms with Gasteiger partial charge in [0.15, 0.2) is 5.82 Å². The van der Waals surface area contributed by atoms with E-state index in [2.05, 4.69) is 20.5 Å². The molecule has 2 aromatic carbocycles. The van der Waals surface area contributed by atoms with Crippen molar-refractivity contribution in [3.63, 3.8) is 0 Å². The predicted octanol–water partition coefficient (Wildman–Crippen LogP) is 2.16. The van der Waals surface area contributed by atoms with Crippen molar-refractivity contribution < 1.29 is 4.79 Å². The van der Waals surface area contributed by atoms with Gasteiger partial charge in [0.05, 0.1) is 6.54 Å². The Bertz CT molecular complexity index is 1130. The van der Waals surface area contributed by atoms with E-state index in [-0.39, 0.29) is 23.9 Å². The van der Waals surface area contributed by atoms with Crippen LogP contribution in [0.3, 0.4) is 0 Å². The number of carbonyl (C=O) groups is 1. The first-order chi connectivity index (χ1) is 15.2. The van der Waals surface area contributed by atoms with Crippen LogP contribution in [0.5, 0.6) is 0 Å². The van der Waals surface area contributed by atoms with Gasteiger partial charge in [0.25, 0.3) is 5.56 Å². The quantitative estimate of drug-likeness (QED) is 0.477. The summed E-state index contributed by atoms with van der Waals surface area (Å²) in [7, 11) is 0. The number of amides is 1. The Morgan fingerprint density at radius 2 is 1.61 bits per heavy atom. The molecule has 0 bridgehead atoms. The van der Waals surface area contributed by atoms with Gasteiger partial charge in [0, 0.05) is 24.9 Å². The lowest BCUT2D eigenvalue weighted by Crippen LogP contribution is -2.33. The summed E-state index contributed by atoms with van der Waals surface area (Å²) >= 11 is 0. The van der Waals surface area contributed by atoms with Gasteiger partial charge in [-0.3, -0.25) is 9.59 Å². The fourth-order valence-corrected chi connectivity index (χ4v) is 3.40. The number of nitrogens with zero attached hydrogens (tertiary/aromatic N) is 5. The van der Waals surface area contributed by atoms with Gasteiger partial charge in [-0.25, -0.2) is 14.3 Å². The van der Waals surface area contributed by atoms with E-state index in [1.54, 1.807) is 6.07 Å². The van der Waals surface area contributed by atoms with Gasteiger partial charge in [-0.05, 0) is 17.2 Å². The number of aromatic nitrogens is 5. The summed E-state index contributed by atoms with van der Waals surface area (Å²) < 4.78 is 2.78. The summed E-state index contributed by atoms with van der Waals surface area (Å²) in [4.78, 5) is 28.7. The Balaban J connectivity index is 1.40. The zero-order chi connectivity index (χ0) is 21.5. The van der Waals surface area contributed by atoms with Crippen LogP contribution in [0.25, 0.3) is 5.82 Å². The molecule has 0 atom stereocenters. The average molecular weight is 414 g/mol. The SMILES string of the molecule is O=C(CC(c1ccccc1)c1ccccc1)NCCn1nc(-n2cncn2)ccc1=O. The minimum Gasteiger partial charge on any atom is -0.354 e. The van der Waals surface area contributed by atoms with Crippen LogP contribution in [0.1, 0.15) is 23.5 Å². The van der Waals surface area contributed by atoms with Crippen LogP contribution in [-0.4, -0.2) is 37.0 Å². The molecule has 0 aliphatic heterocycles. The molecule has 31 heavy (non-hydrogen) atoms. The molecule has 2 aromatic heterocycles. The summed E-state index contributed by atoms with van der Waals surface area (Å²) in [6.45, 7) is 0.553. The Labute approximate surface area is 179 Å². The van der Waals surface area contributed by atoms with E-state index in [0.29, 0.717) is 18.8 Å². The first kappa shape index (κ1) is 20.2. The molecule has 4 rings (SSSR count). The highest BCUT2D eigenvalue weighted by Crippen LogP contribution is 2.27. The maximum absolute atomic E-state index is 12.7. The van der Waals surface area contributed by atoms with Gasteiger partial charge in [-0.15, -0.1) is 5.10 Å². The summed E-state index contributed by atoms with van der Waals surface area (Å²) in [5.41, 5.74) is 1.93. The Hall–Kier alpha value is -4.07. The van der Waals surface area contributed by atoms with Crippen molar-refractivity contribution in [2.45, 2.75) is 18.9 Å². The van der Waals surface area contributed by atoms with E-state index in [0.717, 1.165) is 11.1 Å². The van der Waals surface area contributed by atoms with Crippen molar-refractivity contribution in [1.29, 1.82) is 0 Å². The zero-order valence-electron chi connectivity index (χ0n) is 16.8. The fraction of sp³-hybridized carbons (Fsp3) is 0.174. The number of rotatable bonds is 8. The van der Waals surface area contributed by atoms with Crippen LogP contribution in [0.2, 0.25) is 0 Å². The van der Waals surface area contributed by atoms with Gasteiger partial charge in [-0.1, -0.05) is 60.7 Å². The Kier molecular flexibility index (Phi) is 6.27. The monoisotopic (exact) mass is 414 g/mol. The molecule has 2 heterocycles. The summed E-state index contributed by atoms with van der Waals surface area (Å²) in [6, 6.07) is 23.0. The maximum atomic E-state index is 12.7. The van der Waals surface area contributed by atoms with Gasteiger partial charge in [0.1, 0.15) is 12.7 Å². The third-order valence-corrected chi connectivity index (χ3v) is 4.95. The van der Waals surface area contributed by atoms with Gasteiger partial charge >= 0.3 is 0 Å². The van der Waals surface area contributed by atoms with Crippen LogP contribution >= 0.6 is 0 Å². The van der Waals surface area contributed by atoms with Crippen molar-refractivity contribution in [2.75, 3.05) is 6.54 Å². The molecule has 0 aliphatic rings. The Morgan fingerprint density at radius 1 is 0.935 bits per heavy atom. The molecule has 8 heteroatoms. The van der Waals surface area contributed by atoms with Gasteiger partial charge < -0.3 is 5.32 Å². The van der Waals surface area contributed by atoms with E-state index in [1.165, 1.54) is 28.1 Å². The first-order valence-corrected chi connectivity index (χ1v) is 10.0. The number of benzene rings is 2. The van der Waals surface area contributed by atoms with Crippen molar-refractivity contribution in [2.24, 2.45) is 0 Å². The topological polar surface area (TPSA) is 94.7 Å². The van der Waals surface area contributed by atoms with Crippen molar-refractivity contribution >= 4 is 5.91 Å². The highest BCUT2D eigenvalue weighted by Gasteiger charge is 2.18. The highest BCUT2D eigenvalue weighted by molar-refractivity contribution is 5.77. The number of nitrogens with one attached hydrogen (secondary N) is 1. The first-order valence-electron chi connectivity index (χ1n) is 10.0. The van der Waals surface area contributed by atoms with Crippen molar-refractivity contribution in [1.82, 2.24) is 29.9 Å². The molecule has 0 fully saturated rings. The Morgan fingerprint density at radius 3 is 2.23 bits per heavy atom. The molecule has 0 spiro atoms. The molecule has 1 N–H and O–H groups in total.